The van der Waals surface area contributed by atoms with Crippen LogP contribution in [0.25, 0.3) is 0 Å². The zero-order valence-electron chi connectivity index (χ0n) is 13.0. The first-order chi connectivity index (χ1) is 10.9. The molecule has 0 aliphatic carbocycles. The van der Waals surface area contributed by atoms with Gasteiger partial charge in [-0.1, -0.05) is 0 Å². The average molecular weight is 342 g/mol. The van der Waals surface area contributed by atoms with Crippen LogP contribution in [0.2, 0.25) is 0 Å². The van der Waals surface area contributed by atoms with Gasteiger partial charge >= 0.3 is 5.97 Å². The molecule has 0 unspecified atom stereocenters. The van der Waals surface area contributed by atoms with Crippen molar-refractivity contribution in [1.29, 1.82) is 0 Å². The van der Waals surface area contributed by atoms with E-state index in [9.17, 15) is 19.7 Å². The van der Waals surface area contributed by atoms with Crippen LogP contribution in [0.1, 0.15) is 13.8 Å². The third-order valence-electron chi connectivity index (χ3n) is 2.78. The largest absolute Gasteiger partial charge is 0.494 e. The molecule has 1 amide bonds. The van der Waals surface area contributed by atoms with Crippen molar-refractivity contribution >= 4 is 35.0 Å². The fourth-order valence-corrected chi connectivity index (χ4v) is 2.28. The van der Waals surface area contributed by atoms with Gasteiger partial charge in [0.05, 0.1) is 41.4 Å². The first-order valence-corrected chi connectivity index (χ1v) is 7.84. The minimum Gasteiger partial charge on any atom is -0.494 e. The third-order valence-corrected chi connectivity index (χ3v) is 3.90. The van der Waals surface area contributed by atoms with Gasteiger partial charge in [-0.3, -0.25) is 19.7 Å². The maximum absolute atomic E-state index is 12.1. The van der Waals surface area contributed by atoms with Crippen molar-refractivity contribution < 1.29 is 24.0 Å². The van der Waals surface area contributed by atoms with Gasteiger partial charge in [-0.05, 0) is 19.9 Å². The van der Waals surface area contributed by atoms with Gasteiger partial charge in [0.15, 0.2) is 0 Å². The summed E-state index contributed by atoms with van der Waals surface area (Å²) in [6, 6.07) is 3.90. The Morgan fingerprint density at radius 1 is 1.43 bits per heavy atom. The highest BCUT2D eigenvalue weighted by molar-refractivity contribution is 8.01. The van der Waals surface area contributed by atoms with E-state index in [0.717, 1.165) is 11.8 Å². The lowest BCUT2D eigenvalue weighted by atomic mass is 10.2. The molecule has 9 heteroatoms. The monoisotopic (exact) mass is 342 g/mol. The molecular formula is C14H18N2O6S. The molecule has 23 heavy (non-hydrogen) atoms. The van der Waals surface area contributed by atoms with E-state index < -0.39 is 10.2 Å². The topological polar surface area (TPSA) is 108 Å². The Bertz CT molecular complexity index is 593. The molecular weight excluding hydrogens is 324 g/mol. The number of carbonyl (C=O) groups is 2. The van der Waals surface area contributed by atoms with Crippen molar-refractivity contribution in [3.05, 3.63) is 28.3 Å². The number of esters is 1. The number of non-ortho nitro benzene ring substituents is 1. The van der Waals surface area contributed by atoms with E-state index in [1.807, 2.05) is 0 Å². The van der Waals surface area contributed by atoms with Crippen molar-refractivity contribution in [2.24, 2.45) is 0 Å². The summed E-state index contributed by atoms with van der Waals surface area (Å²) in [7, 11) is 1.35. The molecule has 0 saturated heterocycles. The van der Waals surface area contributed by atoms with Crippen LogP contribution in [0.4, 0.5) is 11.4 Å². The number of carbonyl (C=O) groups excluding carboxylic acids is 2. The lowest BCUT2D eigenvalue weighted by Crippen LogP contribution is -2.24. The number of amides is 1. The van der Waals surface area contributed by atoms with Crippen molar-refractivity contribution in [2.75, 3.05) is 24.8 Å². The second-order valence-electron chi connectivity index (χ2n) is 4.39. The number of nitro benzene ring substituents is 1. The predicted molar refractivity (Wildman–Crippen MR) is 86.8 cm³/mol. The van der Waals surface area contributed by atoms with Crippen molar-refractivity contribution in [1.82, 2.24) is 0 Å². The fraction of sp³-hybridized carbons (Fsp3) is 0.429. The van der Waals surface area contributed by atoms with Crippen molar-refractivity contribution in [2.45, 2.75) is 19.1 Å². The quantitative estimate of drug-likeness (QED) is 0.438. The molecule has 0 aliphatic heterocycles. The molecule has 1 N–H and O–H groups in total. The van der Waals surface area contributed by atoms with E-state index in [-0.39, 0.29) is 29.1 Å². The molecule has 0 aliphatic rings. The van der Waals surface area contributed by atoms with E-state index in [4.69, 9.17) is 9.47 Å². The zero-order valence-corrected chi connectivity index (χ0v) is 13.8. The summed E-state index contributed by atoms with van der Waals surface area (Å²) in [5.41, 5.74) is 0.191. The Labute approximate surface area is 137 Å². The van der Waals surface area contributed by atoms with Crippen LogP contribution in [-0.4, -0.2) is 41.5 Å². The number of methoxy groups -OCH3 is 1. The molecule has 0 bridgehead atoms. The molecule has 0 heterocycles. The molecule has 0 fully saturated rings. The number of anilines is 1. The molecule has 0 saturated carbocycles. The van der Waals surface area contributed by atoms with Crippen LogP contribution in [0.5, 0.6) is 5.75 Å². The van der Waals surface area contributed by atoms with Crippen LogP contribution in [0, 0.1) is 10.1 Å². The molecule has 1 rings (SSSR count). The van der Waals surface area contributed by atoms with Gasteiger partial charge in [0.1, 0.15) is 5.75 Å². The third kappa shape index (κ3) is 5.78. The van der Waals surface area contributed by atoms with Gasteiger partial charge in [0.25, 0.3) is 5.69 Å². The van der Waals surface area contributed by atoms with Crippen LogP contribution in [0.3, 0.4) is 0 Å². The molecule has 126 valence electrons. The number of hydrogen-bond donors (Lipinski definition) is 1. The Kier molecular flexibility index (Phi) is 7.33. The number of benzene rings is 1. The number of nitro groups is 1. The summed E-state index contributed by atoms with van der Waals surface area (Å²) in [6.07, 6.45) is 0. The second-order valence-corrected chi connectivity index (χ2v) is 5.72. The molecule has 0 radical (unpaired) electrons. The summed E-state index contributed by atoms with van der Waals surface area (Å²) >= 11 is 1.14. The van der Waals surface area contributed by atoms with E-state index in [1.54, 1.807) is 13.8 Å². The highest BCUT2D eigenvalue weighted by Crippen LogP contribution is 2.29. The molecule has 8 nitrogen and oxygen atoms in total. The minimum absolute atomic E-state index is 0.0693. The normalized spacial score (nSPS) is 11.4. The lowest BCUT2D eigenvalue weighted by Gasteiger charge is -2.13. The fourth-order valence-electron chi connectivity index (χ4n) is 1.60. The van der Waals surface area contributed by atoms with Crippen LogP contribution in [-0.2, 0) is 14.3 Å². The molecule has 1 aromatic carbocycles. The van der Waals surface area contributed by atoms with Gasteiger partial charge in [-0.2, -0.15) is 0 Å². The van der Waals surface area contributed by atoms with Gasteiger partial charge in [0, 0.05) is 6.07 Å². The average Bonchev–Trinajstić information content (AvgIpc) is 2.52. The summed E-state index contributed by atoms with van der Waals surface area (Å²) < 4.78 is 9.83. The smallest absolute Gasteiger partial charge is 0.315 e. The van der Waals surface area contributed by atoms with E-state index in [2.05, 4.69) is 5.32 Å². The summed E-state index contributed by atoms with van der Waals surface area (Å²) in [6.45, 7) is 3.65. The van der Waals surface area contributed by atoms with Gasteiger partial charge in [0.2, 0.25) is 5.91 Å². The molecule has 1 atom stereocenters. The first-order valence-electron chi connectivity index (χ1n) is 6.79. The number of ether oxygens (including phenoxy) is 2. The first kappa shape index (κ1) is 18.8. The van der Waals surface area contributed by atoms with E-state index in [0.29, 0.717) is 12.3 Å². The zero-order chi connectivity index (χ0) is 17.4. The second kappa shape index (κ2) is 8.99. The number of nitrogens with zero attached hydrogens (tertiary/aromatic N) is 1. The standard InChI is InChI=1S/C14H18N2O6S/c1-4-22-13(17)8-23-9(2)14(18)15-11-6-5-10(16(19)20)7-12(11)21-3/h5-7,9H,4,8H2,1-3H3,(H,15,18)/t9-/m0/s1. The number of nitrogens with one attached hydrogen (secondary N) is 1. The Hall–Kier alpha value is -2.29. The van der Waals surface area contributed by atoms with Gasteiger partial charge < -0.3 is 14.8 Å². The SMILES string of the molecule is CCOC(=O)CS[C@@H](C)C(=O)Nc1ccc([N+](=O)[O-])cc1OC. The van der Waals surface area contributed by atoms with Crippen LogP contribution in [0.15, 0.2) is 18.2 Å². The Morgan fingerprint density at radius 3 is 2.70 bits per heavy atom. The molecule has 0 aromatic heterocycles. The summed E-state index contributed by atoms with van der Waals surface area (Å²) in [4.78, 5) is 33.5. The van der Waals surface area contributed by atoms with Crippen molar-refractivity contribution in [3.8, 4) is 5.75 Å². The maximum atomic E-state index is 12.1. The predicted octanol–water partition coefficient (Wildman–Crippen LogP) is 2.23. The van der Waals surface area contributed by atoms with Crippen LogP contribution < -0.4 is 10.1 Å². The van der Waals surface area contributed by atoms with Gasteiger partial charge in [-0.15, -0.1) is 11.8 Å². The summed E-state index contributed by atoms with van der Waals surface area (Å²) in [5, 5.41) is 12.9. The molecule has 1 aromatic rings. The minimum atomic E-state index is -0.550. The Balaban J connectivity index is 2.69. The number of hydrogen-bond acceptors (Lipinski definition) is 7. The lowest BCUT2D eigenvalue weighted by molar-refractivity contribution is -0.384. The number of thioether (sulfide) groups is 1. The van der Waals surface area contributed by atoms with Gasteiger partial charge in [-0.25, -0.2) is 0 Å². The Morgan fingerprint density at radius 2 is 2.13 bits per heavy atom. The van der Waals surface area contributed by atoms with E-state index >= 15 is 0 Å². The van der Waals surface area contributed by atoms with E-state index in [1.165, 1.54) is 25.3 Å². The number of rotatable bonds is 8. The van der Waals surface area contributed by atoms with Crippen molar-refractivity contribution in [3.63, 3.8) is 0 Å². The maximum Gasteiger partial charge on any atom is 0.315 e. The molecule has 0 spiro atoms. The highest BCUT2D eigenvalue weighted by Gasteiger charge is 2.18. The van der Waals surface area contributed by atoms with Crippen LogP contribution >= 0.6 is 11.8 Å². The summed E-state index contributed by atoms with van der Waals surface area (Å²) in [5.74, 6) is -0.466. The highest BCUT2D eigenvalue weighted by atomic mass is 32.2.